The number of carbonyl (C=O) groups excluding carboxylic acids is 1. The van der Waals surface area contributed by atoms with Crippen molar-refractivity contribution in [2.24, 2.45) is 0 Å². The van der Waals surface area contributed by atoms with Crippen molar-refractivity contribution in [3.63, 3.8) is 0 Å². The molecule has 1 unspecified atom stereocenters. The van der Waals surface area contributed by atoms with E-state index < -0.39 is 0 Å². The molecule has 0 radical (unpaired) electrons. The van der Waals surface area contributed by atoms with Crippen molar-refractivity contribution in [1.29, 1.82) is 0 Å². The van der Waals surface area contributed by atoms with Gasteiger partial charge in [-0.25, -0.2) is 0 Å². The Morgan fingerprint density at radius 2 is 2.25 bits per heavy atom. The minimum absolute atomic E-state index is 0.0514. The zero-order valence-corrected chi connectivity index (χ0v) is 12.1. The molecule has 110 valence electrons. The van der Waals surface area contributed by atoms with Crippen molar-refractivity contribution in [2.75, 3.05) is 38.7 Å². The van der Waals surface area contributed by atoms with Gasteiger partial charge in [-0.3, -0.25) is 4.79 Å². The first-order valence-corrected chi connectivity index (χ1v) is 6.84. The fourth-order valence-corrected chi connectivity index (χ4v) is 2.27. The van der Waals surface area contributed by atoms with Crippen LogP contribution in [0.5, 0.6) is 0 Å². The second-order valence-corrected chi connectivity index (χ2v) is 5.16. The third-order valence-corrected chi connectivity index (χ3v) is 3.65. The molecule has 1 aromatic carbocycles. The van der Waals surface area contributed by atoms with E-state index in [2.05, 4.69) is 10.6 Å². The van der Waals surface area contributed by atoms with Crippen LogP contribution in [0.2, 0.25) is 0 Å². The molecule has 0 aliphatic carbocycles. The first kappa shape index (κ1) is 15.0. The van der Waals surface area contributed by atoms with Gasteiger partial charge in [0.05, 0.1) is 13.2 Å². The molecular weight excluding hydrogens is 256 g/mol. The molecule has 1 heterocycles. The van der Waals surface area contributed by atoms with E-state index in [-0.39, 0.29) is 18.1 Å². The van der Waals surface area contributed by atoms with Gasteiger partial charge in [0.1, 0.15) is 5.60 Å². The van der Waals surface area contributed by atoms with Crippen LogP contribution in [0.3, 0.4) is 0 Å². The molecule has 0 saturated carbocycles. The number of amides is 1. The average molecular weight is 278 g/mol. The summed E-state index contributed by atoms with van der Waals surface area (Å²) in [6, 6.07) is 7.73. The second kappa shape index (κ2) is 6.83. The maximum Gasteiger partial charge on any atom is 0.238 e. The van der Waals surface area contributed by atoms with Crippen LogP contribution in [0.15, 0.2) is 24.3 Å². The number of rotatable bonds is 6. The number of benzene rings is 1. The van der Waals surface area contributed by atoms with E-state index >= 15 is 0 Å². The Morgan fingerprint density at radius 1 is 1.45 bits per heavy atom. The summed E-state index contributed by atoms with van der Waals surface area (Å²) in [5, 5.41) is 6.03. The smallest absolute Gasteiger partial charge is 0.238 e. The summed E-state index contributed by atoms with van der Waals surface area (Å²) in [4.78, 5) is 11.9. The third-order valence-electron chi connectivity index (χ3n) is 3.65. The van der Waals surface area contributed by atoms with Gasteiger partial charge in [0.25, 0.3) is 0 Å². The number of ether oxygens (including phenoxy) is 2. The van der Waals surface area contributed by atoms with Gasteiger partial charge < -0.3 is 20.1 Å². The summed E-state index contributed by atoms with van der Waals surface area (Å²) in [7, 11) is 1.68. The molecule has 5 nitrogen and oxygen atoms in total. The quantitative estimate of drug-likeness (QED) is 0.824. The molecule has 1 aromatic rings. The largest absolute Gasteiger partial charge is 0.378 e. The number of hydrogen-bond acceptors (Lipinski definition) is 4. The van der Waals surface area contributed by atoms with Crippen LogP contribution in [-0.4, -0.2) is 44.9 Å². The van der Waals surface area contributed by atoms with Crippen molar-refractivity contribution in [3.8, 4) is 0 Å². The molecule has 20 heavy (non-hydrogen) atoms. The Labute approximate surface area is 119 Å². The van der Waals surface area contributed by atoms with Crippen LogP contribution >= 0.6 is 0 Å². The summed E-state index contributed by atoms with van der Waals surface area (Å²) in [6.07, 6.45) is 0.857. The van der Waals surface area contributed by atoms with Crippen LogP contribution in [0, 0.1) is 6.92 Å². The van der Waals surface area contributed by atoms with Gasteiger partial charge >= 0.3 is 0 Å². The maximum atomic E-state index is 11.9. The van der Waals surface area contributed by atoms with Crippen LogP contribution in [0.25, 0.3) is 0 Å². The van der Waals surface area contributed by atoms with Crippen molar-refractivity contribution in [2.45, 2.75) is 18.9 Å². The number of anilines is 1. The number of nitrogens with one attached hydrogen (secondary N) is 2. The molecule has 1 amide bonds. The van der Waals surface area contributed by atoms with E-state index in [1.54, 1.807) is 7.11 Å². The number of methoxy groups -OCH3 is 1. The van der Waals surface area contributed by atoms with Crippen LogP contribution in [-0.2, 0) is 14.3 Å². The van der Waals surface area contributed by atoms with Crippen molar-refractivity contribution in [1.82, 2.24) is 5.32 Å². The lowest BCUT2D eigenvalue weighted by molar-refractivity contribution is -0.115. The predicted molar refractivity (Wildman–Crippen MR) is 77.9 cm³/mol. The highest BCUT2D eigenvalue weighted by Gasteiger charge is 2.34. The van der Waals surface area contributed by atoms with Crippen LogP contribution < -0.4 is 10.6 Å². The van der Waals surface area contributed by atoms with Gasteiger partial charge in [-0.15, -0.1) is 0 Å². The van der Waals surface area contributed by atoms with E-state index in [4.69, 9.17) is 9.47 Å². The third kappa shape index (κ3) is 3.79. The highest BCUT2D eigenvalue weighted by Crippen LogP contribution is 2.21. The lowest BCUT2D eigenvalue weighted by atomic mass is 10.0. The number of hydrogen-bond donors (Lipinski definition) is 2. The van der Waals surface area contributed by atoms with Gasteiger partial charge in [-0.2, -0.15) is 0 Å². The molecule has 5 heteroatoms. The van der Waals surface area contributed by atoms with E-state index in [9.17, 15) is 4.79 Å². The monoisotopic (exact) mass is 278 g/mol. The SMILES string of the molecule is COC1(CNCC(=O)Nc2ccccc2C)CCOC1. The first-order valence-electron chi connectivity index (χ1n) is 6.84. The maximum absolute atomic E-state index is 11.9. The predicted octanol–water partition coefficient (Wildman–Crippen LogP) is 1.33. The van der Waals surface area contributed by atoms with E-state index in [1.165, 1.54) is 0 Å². The Kier molecular flexibility index (Phi) is 5.11. The first-order chi connectivity index (χ1) is 9.65. The number of carbonyl (C=O) groups is 1. The molecule has 2 rings (SSSR count). The summed E-state index contributed by atoms with van der Waals surface area (Å²) >= 11 is 0. The fraction of sp³-hybridized carbons (Fsp3) is 0.533. The lowest BCUT2D eigenvalue weighted by Gasteiger charge is -2.25. The van der Waals surface area contributed by atoms with E-state index in [1.807, 2.05) is 31.2 Å². The highest BCUT2D eigenvalue weighted by molar-refractivity contribution is 5.92. The van der Waals surface area contributed by atoms with Crippen LogP contribution in [0.1, 0.15) is 12.0 Å². The van der Waals surface area contributed by atoms with Crippen molar-refractivity contribution >= 4 is 11.6 Å². The van der Waals surface area contributed by atoms with Gasteiger partial charge in [0.2, 0.25) is 5.91 Å². The van der Waals surface area contributed by atoms with Gasteiger partial charge in [-0.1, -0.05) is 18.2 Å². The zero-order valence-electron chi connectivity index (χ0n) is 12.1. The summed E-state index contributed by atoms with van der Waals surface area (Å²) < 4.78 is 10.9. The Hall–Kier alpha value is -1.43. The molecular formula is C15H22N2O3. The molecule has 0 bridgehead atoms. The summed E-state index contributed by atoms with van der Waals surface area (Å²) in [6.45, 7) is 4.14. The Balaban J connectivity index is 1.77. The molecule has 1 aliphatic rings. The Bertz CT molecular complexity index is 456. The van der Waals surface area contributed by atoms with E-state index in [0.717, 1.165) is 17.7 Å². The number of aryl methyl sites for hydroxylation is 1. The molecule has 1 atom stereocenters. The standard InChI is InChI=1S/C15H22N2O3/c1-12-5-3-4-6-13(12)17-14(18)9-16-10-15(19-2)7-8-20-11-15/h3-6,16H,7-11H2,1-2H3,(H,17,18). The lowest BCUT2D eigenvalue weighted by Crippen LogP contribution is -2.45. The van der Waals surface area contributed by atoms with Crippen molar-refractivity contribution < 1.29 is 14.3 Å². The molecule has 0 aromatic heterocycles. The molecule has 2 N–H and O–H groups in total. The fourth-order valence-electron chi connectivity index (χ4n) is 2.27. The second-order valence-electron chi connectivity index (χ2n) is 5.16. The zero-order chi connectivity index (χ0) is 14.4. The topological polar surface area (TPSA) is 59.6 Å². The molecule has 1 fully saturated rings. The minimum Gasteiger partial charge on any atom is -0.378 e. The average Bonchev–Trinajstić information content (AvgIpc) is 2.91. The molecule has 0 spiro atoms. The van der Waals surface area contributed by atoms with Gasteiger partial charge in [0.15, 0.2) is 0 Å². The Morgan fingerprint density at radius 3 is 2.90 bits per heavy atom. The van der Waals surface area contributed by atoms with Gasteiger partial charge in [0, 0.05) is 32.4 Å². The van der Waals surface area contributed by atoms with Gasteiger partial charge in [-0.05, 0) is 18.6 Å². The molecule has 1 saturated heterocycles. The van der Waals surface area contributed by atoms with E-state index in [0.29, 0.717) is 19.8 Å². The van der Waals surface area contributed by atoms with Crippen LogP contribution in [0.4, 0.5) is 5.69 Å². The summed E-state index contributed by atoms with van der Waals surface area (Å²) in [5.74, 6) is -0.0514. The summed E-state index contributed by atoms with van der Waals surface area (Å²) in [5.41, 5.74) is 1.62. The highest BCUT2D eigenvalue weighted by atomic mass is 16.5. The van der Waals surface area contributed by atoms with Crippen molar-refractivity contribution in [3.05, 3.63) is 29.8 Å². The number of para-hydroxylation sites is 1. The minimum atomic E-state index is -0.289. The molecule has 1 aliphatic heterocycles. The normalized spacial score (nSPS) is 21.9.